The monoisotopic (exact) mass is 856 g/mol. The van der Waals surface area contributed by atoms with Crippen LogP contribution in [0.15, 0.2) is 35.6 Å². The SMILES string of the molecule is O=C1C2CCCC3O[C@@H]4O[C@]5(CO)C=CC([C@]67CCC[C@@H]6CCC6CNC(CC67)NCSSC[C@@]6(C(=O)C32)C(O)=CC(CC2CCCC(CO)C2)=C[C@@H]16)[C@@](O)([C@H]4O)[C@@H]5O. The second kappa shape index (κ2) is 15.7. The van der Waals surface area contributed by atoms with Crippen molar-refractivity contribution >= 4 is 33.2 Å². The Labute approximate surface area is 355 Å². The van der Waals surface area contributed by atoms with Crippen molar-refractivity contribution in [2.24, 2.45) is 64.1 Å². The molecule has 12 nitrogen and oxygen atoms in total. The van der Waals surface area contributed by atoms with E-state index in [9.17, 15) is 35.4 Å². The summed E-state index contributed by atoms with van der Waals surface area (Å²) in [6.07, 6.45) is 13.4. The van der Waals surface area contributed by atoms with Gasteiger partial charge in [-0.05, 0) is 117 Å². The summed E-state index contributed by atoms with van der Waals surface area (Å²) in [5.74, 6) is -1.33. The largest absolute Gasteiger partial charge is 0.511 e. The molecule has 18 atom stereocenters. The fraction of sp³-hybridized carbons (Fsp3) is 0.822. The van der Waals surface area contributed by atoms with Crippen molar-refractivity contribution in [2.75, 3.05) is 31.4 Å². The van der Waals surface area contributed by atoms with Crippen LogP contribution in [-0.2, 0) is 19.1 Å². The number of ether oxygens (including phenoxy) is 2. The molecule has 2 spiro atoms. The van der Waals surface area contributed by atoms with Gasteiger partial charge in [0, 0.05) is 24.2 Å². The number of aliphatic hydroxyl groups excluding tert-OH is 5. The number of fused-ring (bicyclic) bond motifs is 3. The van der Waals surface area contributed by atoms with E-state index in [-0.39, 0.29) is 47.7 Å². The average Bonchev–Trinajstić information content (AvgIpc) is 3.69. The first-order valence-electron chi connectivity index (χ1n) is 22.7. The standard InChI is InChI=1S/C45H64N2O10S2/c48-20-25-5-1-4-24(14-25)15-26-16-31-37(51)29-7-2-8-32-36(29)38(52)44(31,34(50)17-26)22-58-59-23-47-35-18-30-27(19-46-35)9-10-28-6-3-12-43(28,30)33-11-13-42(21-49)41(54)45(33,55)39(53)40(56-32)57-42/h11,13,16-17,24-25,27-33,35-36,39-41,46-50,53-55H,1-10,12,14-15,18-23H2/t24?,25?,27?,28-,29?,30?,31+,32?,33?,35?,36?,39+,40-,41-,42+,43-,44+,45-/m1/s1. The van der Waals surface area contributed by atoms with Gasteiger partial charge in [-0.2, -0.15) is 0 Å². The van der Waals surface area contributed by atoms with Crippen molar-refractivity contribution in [3.63, 3.8) is 0 Å². The summed E-state index contributed by atoms with van der Waals surface area (Å²) in [6, 6.07) is 0. The number of allylic oxidation sites excluding steroid dienone is 4. The van der Waals surface area contributed by atoms with Gasteiger partial charge >= 0.3 is 0 Å². The molecule has 5 saturated carbocycles. The number of nitrogens with one attached hydrogen (secondary N) is 2. The smallest absolute Gasteiger partial charge is 0.188 e. The Morgan fingerprint density at radius 1 is 0.932 bits per heavy atom. The maximum Gasteiger partial charge on any atom is 0.188 e. The molecule has 59 heavy (non-hydrogen) atoms. The second-order valence-electron chi connectivity index (χ2n) is 20.3. The van der Waals surface area contributed by atoms with Gasteiger partial charge in [-0.3, -0.25) is 14.9 Å². The van der Waals surface area contributed by atoms with Gasteiger partial charge in [0.1, 0.15) is 40.4 Å². The van der Waals surface area contributed by atoms with Crippen LogP contribution in [0.3, 0.4) is 0 Å². The maximum absolute atomic E-state index is 15.4. The Balaban J connectivity index is 1.04. The number of aliphatic hydroxyl groups is 6. The molecule has 0 aromatic carbocycles. The summed E-state index contributed by atoms with van der Waals surface area (Å²) in [5.41, 5.74) is -4.94. The molecule has 0 aromatic heterocycles. The van der Waals surface area contributed by atoms with Crippen LogP contribution < -0.4 is 10.6 Å². The van der Waals surface area contributed by atoms with E-state index in [2.05, 4.69) is 10.6 Å². The van der Waals surface area contributed by atoms with E-state index in [1.54, 1.807) is 22.9 Å². The lowest BCUT2D eigenvalue weighted by atomic mass is 9.45. The Morgan fingerprint density at radius 3 is 2.59 bits per heavy atom. The van der Waals surface area contributed by atoms with Crippen LogP contribution in [0.4, 0.5) is 0 Å². The molecule has 10 aliphatic rings. The van der Waals surface area contributed by atoms with Crippen LogP contribution in [0.5, 0.6) is 0 Å². The third-order valence-electron chi connectivity index (χ3n) is 17.7. The number of rotatable bonds is 4. The molecular formula is C45H64N2O10S2. The highest BCUT2D eigenvalue weighted by atomic mass is 33.1. The summed E-state index contributed by atoms with van der Waals surface area (Å²) in [6.45, 7) is 0.309. The quantitative estimate of drug-likeness (QED) is 0.150. The van der Waals surface area contributed by atoms with Gasteiger partial charge in [-0.25, -0.2) is 0 Å². The maximum atomic E-state index is 15.4. The molecule has 3 heterocycles. The summed E-state index contributed by atoms with van der Waals surface area (Å²) < 4.78 is 13.2. The number of carbonyl (C=O) groups excluding carboxylic acids is 2. The van der Waals surface area contributed by atoms with E-state index >= 15 is 4.79 Å². The van der Waals surface area contributed by atoms with Crippen molar-refractivity contribution in [1.29, 1.82) is 0 Å². The van der Waals surface area contributed by atoms with E-state index in [1.165, 1.54) is 10.8 Å². The lowest BCUT2D eigenvalue weighted by Crippen LogP contribution is -2.79. The Kier molecular flexibility index (Phi) is 11.1. The van der Waals surface area contributed by atoms with Crippen LogP contribution in [-0.4, -0.2) is 116 Å². The molecule has 8 N–H and O–H groups in total. The zero-order chi connectivity index (χ0) is 40.9. The molecule has 7 aliphatic carbocycles. The minimum Gasteiger partial charge on any atom is -0.511 e. The van der Waals surface area contributed by atoms with Gasteiger partial charge in [0.2, 0.25) is 0 Å². The number of hydrogen-bond donors (Lipinski definition) is 8. The highest BCUT2D eigenvalue weighted by molar-refractivity contribution is 8.76. The van der Waals surface area contributed by atoms with Crippen LogP contribution in [0, 0.1) is 64.1 Å². The van der Waals surface area contributed by atoms with E-state index in [4.69, 9.17) is 9.47 Å². The Morgan fingerprint density at radius 2 is 1.76 bits per heavy atom. The number of piperidine rings is 1. The lowest BCUT2D eigenvalue weighted by molar-refractivity contribution is -0.383. The molecule has 3 aliphatic heterocycles. The Bertz CT molecular complexity index is 1760. The minimum absolute atomic E-state index is 0.0231. The van der Waals surface area contributed by atoms with Crippen molar-refractivity contribution in [2.45, 2.75) is 132 Å². The summed E-state index contributed by atoms with van der Waals surface area (Å²) in [7, 11) is 3.09. The first-order chi connectivity index (χ1) is 28.5. The molecule has 8 fully saturated rings. The first kappa shape index (κ1) is 41.7. The summed E-state index contributed by atoms with van der Waals surface area (Å²) in [5, 5.41) is 78.4. The molecule has 0 radical (unpaired) electrons. The first-order valence-corrected chi connectivity index (χ1v) is 25.2. The second-order valence-corrected chi connectivity index (χ2v) is 22.7. The van der Waals surface area contributed by atoms with Crippen molar-refractivity contribution < 1.29 is 49.7 Å². The molecule has 7 bridgehead atoms. The number of Topliss-reactive ketones (excluding diaryl/α,β-unsaturated/α-hetero) is 2. The molecular weight excluding hydrogens is 793 g/mol. The predicted molar refractivity (Wildman–Crippen MR) is 222 cm³/mol. The fourth-order valence-corrected chi connectivity index (χ4v) is 17.3. The predicted octanol–water partition coefficient (Wildman–Crippen LogP) is 3.91. The Hall–Kier alpha value is -1.30. The zero-order valence-corrected chi connectivity index (χ0v) is 35.6. The number of ketones is 2. The molecule has 10 rings (SSSR count). The minimum atomic E-state index is -2.13. The van der Waals surface area contributed by atoms with Gasteiger partial charge in [0.15, 0.2) is 12.1 Å². The van der Waals surface area contributed by atoms with Crippen LogP contribution in [0.2, 0.25) is 0 Å². The topological polar surface area (TPSA) is 198 Å². The van der Waals surface area contributed by atoms with Crippen molar-refractivity contribution in [1.82, 2.24) is 10.6 Å². The third kappa shape index (κ3) is 6.25. The van der Waals surface area contributed by atoms with Gasteiger partial charge < -0.3 is 45.4 Å². The van der Waals surface area contributed by atoms with Crippen molar-refractivity contribution in [3.8, 4) is 0 Å². The lowest BCUT2D eigenvalue weighted by Gasteiger charge is -2.65. The fourth-order valence-electron chi connectivity index (χ4n) is 15.0. The normalized spacial score (nSPS) is 52.1. The van der Waals surface area contributed by atoms with Gasteiger partial charge in [0.05, 0.1) is 36.6 Å². The third-order valence-corrected chi connectivity index (χ3v) is 20.0. The molecule has 9 unspecified atom stereocenters. The highest BCUT2D eigenvalue weighted by Gasteiger charge is 2.73. The van der Waals surface area contributed by atoms with Crippen molar-refractivity contribution in [3.05, 3.63) is 35.6 Å². The molecule has 326 valence electrons. The van der Waals surface area contributed by atoms with Gasteiger partial charge in [-0.1, -0.05) is 65.5 Å². The van der Waals surface area contributed by atoms with Gasteiger partial charge in [-0.15, -0.1) is 0 Å². The van der Waals surface area contributed by atoms with Crippen LogP contribution in [0.25, 0.3) is 0 Å². The van der Waals surface area contributed by atoms with E-state index < -0.39 is 76.9 Å². The average molecular weight is 857 g/mol. The molecule has 3 saturated heterocycles. The van der Waals surface area contributed by atoms with E-state index in [0.29, 0.717) is 49.3 Å². The number of hydrogen-bond acceptors (Lipinski definition) is 14. The summed E-state index contributed by atoms with van der Waals surface area (Å²) >= 11 is 0. The molecule has 0 aromatic rings. The van der Waals surface area contributed by atoms with Gasteiger partial charge in [0.25, 0.3) is 0 Å². The highest BCUT2D eigenvalue weighted by Crippen LogP contribution is 2.67. The summed E-state index contributed by atoms with van der Waals surface area (Å²) in [4.78, 5) is 30.4. The molecule has 0 amide bonds. The number of carbonyl (C=O) groups is 2. The van der Waals surface area contributed by atoms with E-state index in [1.807, 2.05) is 12.2 Å². The van der Waals surface area contributed by atoms with Crippen LogP contribution >= 0.6 is 21.6 Å². The van der Waals surface area contributed by atoms with Crippen LogP contribution in [0.1, 0.15) is 89.9 Å². The van der Waals surface area contributed by atoms with E-state index in [0.717, 1.165) is 76.3 Å². The zero-order valence-electron chi connectivity index (χ0n) is 34.0. The molecule has 14 heteroatoms.